The minimum atomic E-state index is -0.279. The molecule has 0 bridgehead atoms. The summed E-state index contributed by atoms with van der Waals surface area (Å²) in [6.07, 6.45) is 4.45. The van der Waals surface area contributed by atoms with E-state index in [1.165, 1.54) is 0 Å². The van der Waals surface area contributed by atoms with E-state index >= 15 is 0 Å². The topological polar surface area (TPSA) is 108 Å². The summed E-state index contributed by atoms with van der Waals surface area (Å²) in [5, 5.41) is 3.28. The van der Waals surface area contributed by atoms with Crippen molar-refractivity contribution in [3.8, 4) is 0 Å². The van der Waals surface area contributed by atoms with Crippen molar-refractivity contribution in [2.45, 2.75) is 91.5 Å². The van der Waals surface area contributed by atoms with Crippen molar-refractivity contribution < 1.29 is 28.7 Å². The van der Waals surface area contributed by atoms with Crippen LogP contribution in [0.25, 0.3) is 0 Å². The number of nitrogens with zero attached hydrogens (tertiary/aromatic N) is 3. The third-order valence-corrected chi connectivity index (χ3v) is 11.0. The summed E-state index contributed by atoms with van der Waals surface area (Å²) in [6, 6.07) is 39.9. The maximum atomic E-state index is 12.7. The Morgan fingerprint density at radius 2 is 1.08 bits per heavy atom. The fourth-order valence-electron chi connectivity index (χ4n) is 7.27. The van der Waals surface area contributed by atoms with Crippen molar-refractivity contribution in [1.82, 2.24) is 9.80 Å². The summed E-state index contributed by atoms with van der Waals surface area (Å²) < 4.78 is 11.0. The van der Waals surface area contributed by atoms with Gasteiger partial charge in [0.1, 0.15) is 13.2 Å². The standard InChI is InChI=1S/C24H30N2O3.C21H26N2O2.C3H5ClO/c1-3-23(27)26(22-14-8-5-9-15-22)19(2)21-13-10-16-25(17-21)24(28)29-18-20-11-6-4-7-12-20;1-17(22-20-12-6-3-7-13-20)19-11-8-14-23(15-19)21(24)25-16-18-9-4-2-5-10-18;1-2-3(4)5/h4-9,11-12,14-15,19,21H,3,10,13,16-18H2,1-2H3;2-7,9-10,12-13,17,19,22H,8,11,14-16H2,1H3;2H2,1H3/t19-,21+;17-,19+;/m11./s1. The van der Waals surface area contributed by atoms with E-state index in [4.69, 9.17) is 21.1 Å². The van der Waals surface area contributed by atoms with Crippen LogP contribution in [-0.4, -0.2) is 71.4 Å². The van der Waals surface area contributed by atoms with Crippen LogP contribution in [0.3, 0.4) is 0 Å². The molecule has 0 aliphatic carbocycles. The number of amides is 3. The summed E-state index contributed by atoms with van der Waals surface area (Å²) in [5.41, 5.74) is 4.03. The number of hydrogen-bond acceptors (Lipinski definition) is 7. The molecule has 316 valence electrons. The molecule has 4 aromatic carbocycles. The van der Waals surface area contributed by atoms with Crippen molar-refractivity contribution in [2.75, 3.05) is 36.4 Å². The van der Waals surface area contributed by atoms with Crippen LogP contribution >= 0.6 is 11.6 Å². The molecule has 1 N–H and O–H groups in total. The van der Waals surface area contributed by atoms with E-state index in [0.717, 1.165) is 61.3 Å². The lowest BCUT2D eigenvalue weighted by Gasteiger charge is -2.40. The van der Waals surface area contributed by atoms with Gasteiger partial charge >= 0.3 is 12.2 Å². The zero-order chi connectivity index (χ0) is 42.4. The van der Waals surface area contributed by atoms with Crippen molar-refractivity contribution in [2.24, 2.45) is 11.8 Å². The number of anilines is 2. The number of carbonyl (C=O) groups is 4. The van der Waals surface area contributed by atoms with Gasteiger partial charge in [0, 0.05) is 62.5 Å². The molecule has 2 aliphatic rings. The number of halogens is 1. The first-order valence-corrected chi connectivity index (χ1v) is 21.3. The molecule has 3 amide bonds. The Morgan fingerprint density at radius 3 is 1.54 bits per heavy atom. The molecule has 59 heavy (non-hydrogen) atoms. The zero-order valence-corrected chi connectivity index (χ0v) is 35.8. The predicted octanol–water partition coefficient (Wildman–Crippen LogP) is 10.6. The highest BCUT2D eigenvalue weighted by Crippen LogP contribution is 2.28. The first kappa shape index (κ1) is 46.3. The zero-order valence-electron chi connectivity index (χ0n) is 35.0. The summed E-state index contributed by atoms with van der Waals surface area (Å²) in [5.74, 6) is 0.745. The van der Waals surface area contributed by atoms with Crippen LogP contribution in [0.4, 0.5) is 21.0 Å². The summed E-state index contributed by atoms with van der Waals surface area (Å²) in [4.78, 5) is 52.8. The van der Waals surface area contributed by atoms with Crippen LogP contribution in [0.5, 0.6) is 0 Å². The van der Waals surface area contributed by atoms with Crippen molar-refractivity contribution in [1.29, 1.82) is 0 Å². The van der Waals surface area contributed by atoms with Crippen molar-refractivity contribution in [3.05, 3.63) is 132 Å². The van der Waals surface area contributed by atoms with Crippen molar-refractivity contribution in [3.63, 3.8) is 0 Å². The minimum Gasteiger partial charge on any atom is -0.445 e. The molecular formula is C48H61ClN4O6. The van der Waals surface area contributed by atoms with Gasteiger partial charge in [-0.25, -0.2) is 9.59 Å². The van der Waals surface area contributed by atoms with Gasteiger partial charge in [-0.05, 0) is 98.4 Å². The van der Waals surface area contributed by atoms with Crippen LogP contribution in [0.2, 0.25) is 0 Å². The highest BCUT2D eigenvalue weighted by molar-refractivity contribution is 6.63. The van der Waals surface area contributed by atoms with Gasteiger partial charge in [0.25, 0.3) is 0 Å². The molecule has 10 nitrogen and oxygen atoms in total. The number of likely N-dealkylation sites (tertiary alicyclic amines) is 2. The number of benzene rings is 4. The van der Waals surface area contributed by atoms with Gasteiger partial charge in [-0.15, -0.1) is 0 Å². The van der Waals surface area contributed by atoms with Gasteiger partial charge in [-0.3, -0.25) is 9.59 Å². The Balaban J connectivity index is 0.000000236. The molecule has 2 aliphatic heterocycles. The van der Waals surface area contributed by atoms with Crippen LogP contribution < -0.4 is 10.2 Å². The SMILES string of the molecule is CCC(=O)Cl.CCC(=O)N(c1ccccc1)[C@H](C)[C@H]1CCCN(C(=O)OCc2ccccc2)C1.C[C@@H](Nc1ccccc1)[C@H]1CCCN(C(=O)OCc2ccccc2)C1. The van der Waals surface area contributed by atoms with E-state index in [9.17, 15) is 19.2 Å². The van der Waals surface area contributed by atoms with Gasteiger partial charge < -0.3 is 29.5 Å². The largest absolute Gasteiger partial charge is 0.445 e. The Labute approximate surface area is 355 Å². The van der Waals surface area contributed by atoms with Crippen LogP contribution in [0.1, 0.15) is 77.3 Å². The number of para-hydroxylation sites is 2. The van der Waals surface area contributed by atoms with Gasteiger partial charge in [0.2, 0.25) is 11.1 Å². The average molecular weight is 825 g/mol. The number of nitrogens with one attached hydrogen (secondary N) is 1. The maximum absolute atomic E-state index is 12.7. The molecule has 2 fully saturated rings. The Hall–Kier alpha value is -5.35. The summed E-state index contributed by atoms with van der Waals surface area (Å²) in [7, 11) is 0. The second-order valence-corrected chi connectivity index (χ2v) is 15.4. The molecular weight excluding hydrogens is 764 g/mol. The Kier molecular flexibility index (Phi) is 19.8. The first-order chi connectivity index (χ1) is 28.6. The first-order valence-electron chi connectivity index (χ1n) is 20.9. The number of ether oxygens (including phenoxy) is 2. The van der Waals surface area contributed by atoms with Crippen LogP contribution in [0, 0.1) is 11.8 Å². The molecule has 0 saturated carbocycles. The molecule has 0 unspecified atom stereocenters. The van der Waals surface area contributed by atoms with Crippen LogP contribution in [0.15, 0.2) is 121 Å². The molecule has 0 aromatic heterocycles. The molecule has 4 atom stereocenters. The third kappa shape index (κ3) is 15.7. The predicted molar refractivity (Wildman–Crippen MR) is 236 cm³/mol. The molecule has 4 aromatic rings. The van der Waals surface area contributed by atoms with Gasteiger partial charge in [-0.2, -0.15) is 0 Å². The van der Waals surface area contributed by atoms with Crippen LogP contribution in [-0.2, 0) is 32.3 Å². The summed E-state index contributed by atoms with van der Waals surface area (Å²) >= 11 is 4.82. The lowest BCUT2D eigenvalue weighted by atomic mass is 9.90. The number of piperidine rings is 2. The summed E-state index contributed by atoms with van der Waals surface area (Å²) in [6.45, 7) is 11.3. The maximum Gasteiger partial charge on any atom is 0.410 e. The van der Waals surface area contributed by atoms with E-state index in [2.05, 4.69) is 31.3 Å². The van der Waals surface area contributed by atoms with E-state index in [-0.39, 0.29) is 41.9 Å². The molecule has 2 heterocycles. The molecule has 6 rings (SSSR count). The lowest BCUT2D eigenvalue weighted by molar-refractivity contribution is -0.119. The van der Waals surface area contributed by atoms with E-state index in [1.807, 2.05) is 126 Å². The number of hydrogen-bond donors (Lipinski definition) is 1. The molecule has 2 saturated heterocycles. The van der Waals surface area contributed by atoms with E-state index in [1.54, 1.807) is 11.8 Å². The molecule has 0 radical (unpaired) electrons. The van der Waals surface area contributed by atoms with Gasteiger partial charge in [0.15, 0.2) is 0 Å². The van der Waals surface area contributed by atoms with E-state index in [0.29, 0.717) is 44.5 Å². The fraction of sp³-hybridized carbons (Fsp3) is 0.417. The molecule has 11 heteroatoms. The van der Waals surface area contributed by atoms with Gasteiger partial charge in [-0.1, -0.05) is 111 Å². The quantitative estimate of drug-likeness (QED) is 0.142. The second kappa shape index (κ2) is 25.2. The van der Waals surface area contributed by atoms with Crippen molar-refractivity contribution >= 4 is 46.3 Å². The highest BCUT2D eigenvalue weighted by atomic mass is 35.5. The minimum absolute atomic E-state index is 0.00886. The molecule has 0 spiro atoms. The van der Waals surface area contributed by atoms with Gasteiger partial charge in [0.05, 0.1) is 0 Å². The third-order valence-electron chi connectivity index (χ3n) is 10.7. The number of carbonyl (C=O) groups excluding carboxylic acids is 4. The smallest absolute Gasteiger partial charge is 0.410 e. The Morgan fingerprint density at radius 1 is 0.661 bits per heavy atom. The van der Waals surface area contributed by atoms with E-state index < -0.39 is 0 Å². The Bertz CT molecular complexity index is 1840. The highest BCUT2D eigenvalue weighted by Gasteiger charge is 2.33. The monoisotopic (exact) mass is 824 g/mol. The average Bonchev–Trinajstić information content (AvgIpc) is 3.29. The second-order valence-electron chi connectivity index (χ2n) is 15.0. The fourth-order valence-corrected chi connectivity index (χ4v) is 7.27. The lowest BCUT2D eigenvalue weighted by Crippen LogP contribution is -2.50. The normalized spacial score (nSPS) is 17.0. The number of rotatable bonds is 12.